The Kier molecular flexibility index (Phi) is 8.32. The van der Waals surface area contributed by atoms with Crippen LogP contribution in [0.4, 0.5) is 11.4 Å². The van der Waals surface area contributed by atoms with Crippen LogP contribution in [0.2, 0.25) is 0 Å². The number of hydrogen-bond acceptors (Lipinski definition) is 5. The quantitative estimate of drug-likeness (QED) is 0.572. The van der Waals surface area contributed by atoms with E-state index in [0.717, 1.165) is 49.4 Å². The normalized spacial score (nSPS) is 15.9. The van der Waals surface area contributed by atoms with Crippen molar-refractivity contribution < 1.29 is 15.7 Å². The van der Waals surface area contributed by atoms with Crippen LogP contribution in [0, 0.1) is 0 Å². The summed E-state index contributed by atoms with van der Waals surface area (Å²) in [5.74, 6) is 0.748. The summed E-state index contributed by atoms with van der Waals surface area (Å²) in [5, 5.41) is 3.36. The minimum absolute atomic E-state index is 0. The number of ether oxygens (including phenoxy) is 2. The summed E-state index contributed by atoms with van der Waals surface area (Å²) >= 11 is 0. The third kappa shape index (κ3) is 5.77. The number of amides is 1. The Labute approximate surface area is 187 Å². The Morgan fingerprint density at radius 3 is 2.68 bits per heavy atom. The summed E-state index contributed by atoms with van der Waals surface area (Å²) < 4.78 is 11.2. The molecule has 1 N–H and O–H groups in total. The molecule has 6 nitrogen and oxygen atoms in total. The van der Waals surface area contributed by atoms with E-state index in [1.165, 1.54) is 5.69 Å². The first-order valence-corrected chi connectivity index (χ1v) is 11.1. The van der Waals surface area contributed by atoms with Crippen LogP contribution in [0.3, 0.4) is 0 Å². The van der Waals surface area contributed by atoms with Gasteiger partial charge in [-0.15, -0.1) is 0 Å². The van der Waals surface area contributed by atoms with Crippen LogP contribution >= 0.6 is 0 Å². The molecule has 0 spiro atoms. The number of methoxy groups -OCH3 is 1. The fourth-order valence-corrected chi connectivity index (χ4v) is 3.91. The van der Waals surface area contributed by atoms with Gasteiger partial charge in [0.25, 0.3) is 5.91 Å². The number of anilines is 2. The lowest BCUT2D eigenvalue weighted by Crippen LogP contribution is -2.30. The van der Waals surface area contributed by atoms with Crippen molar-refractivity contribution in [1.29, 1.82) is 0 Å². The molecular weight excluding hydrogens is 390 g/mol. The molecule has 1 amide bonds. The van der Waals surface area contributed by atoms with Gasteiger partial charge in [-0.25, -0.2) is 0 Å². The van der Waals surface area contributed by atoms with Crippen LogP contribution in [0.25, 0.3) is 0 Å². The molecule has 3 rings (SSSR count). The fourth-order valence-electron chi connectivity index (χ4n) is 3.91. The summed E-state index contributed by atoms with van der Waals surface area (Å²) in [5.41, 5.74) is 3.77. The average molecular weight is 428 g/mol. The predicted octanol–water partition coefficient (Wildman–Crippen LogP) is 4.33. The number of likely N-dealkylation sites (N-methyl/N-ethyl adjacent to an activating group) is 1. The summed E-state index contributed by atoms with van der Waals surface area (Å²) in [6.07, 6.45) is 3.25. The zero-order valence-corrected chi connectivity index (χ0v) is 19.2. The van der Waals surface area contributed by atoms with Gasteiger partial charge in [-0.05, 0) is 62.4 Å². The Morgan fingerprint density at radius 1 is 1.26 bits per heavy atom. The molecule has 1 unspecified atom stereocenters. The van der Waals surface area contributed by atoms with E-state index >= 15 is 0 Å². The van der Waals surface area contributed by atoms with Crippen molar-refractivity contribution in [3.05, 3.63) is 53.6 Å². The fraction of sp³-hybridized carbons (Fsp3) is 0.480. The van der Waals surface area contributed by atoms with Gasteiger partial charge in [0.2, 0.25) is 0 Å². The maximum absolute atomic E-state index is 13.0. The zero-order chi connectivity index (χ0) is 22.2. The van der Waals surface area contributed by atoms with E-state index in [9.17, 15) is 4.79 Å². The van der Waals surface area contributed by atoms with Crippen LogP contribution in [0.1, 0.15) is 43.5 Å². The molecule has 0 aliphatic carbocycles. The highest BCUT2D eigenvalue weighted by Crippen LogP contribution is 2.30. The Hall–Kier alpha value is -2.57. The van der Waals surface area contributed by atoms with Crippen molar-refractivity contribution in [2.75, 3.05) is 50.7 Å². The lowest BCUT2D eigenvalue weighted by atomic mass is 10.1. The van der Waals surface area contributed by atoms with Crippen molar-refractivity contribution >= 4 is 17.3 Å². The first kappa shape index (κ1) is 23.1. The number of nitrogens with one attached hydrogen (secondary N) is 1. The smallest absolute Gasteiger partial charge is 0.258 e. The Morgan fingerprint density at radius 2 is 2.03 bits per heavy atom. The van der Waals surface area contributed by atoms with Crippen molar-refractivity contribution in [3.63, 3.8) is 0 Å². The molecule has 0 aromatic heterocycles. The van der Waals surface area contributed by atoms with Crippen molar-refractivity contribution in [1.82, 2.24) is 5.32 Å². The standard InChI is InChI=1S/C25H35N3O3.H2/c1-5-6-15-31-23-10-7-19(8-11-23)25(29)27(3)22-9-12-24(20(16-22)18-30-4)28-14-13-21(17-28)26-2;/h7-12,16,21,26H,5-6,13-15,17-18H2,1-4H3;1H. The van der Waals surface area contributed by atoms with E-state index in [-0.39, 0.29) is 7.33 Å². The van der Waals surface area contributed by atoms with Crippen LogP contribution < -0.4 is 19.9 Å². The molecule has 1 saturated heterocycles. The molecule has 1 aliphatic heterocycles. The van der Waals surface area contributed by atoms with E-state index in [1.807, 2.05) is 44.4 Å². The van der Waals surface area contributed by atoms with Gasteiger partial charge in [0.1, 0.15) is 5.75 Å². The molecular formula is C25H37N3O3. The molecule has 2 aromatic rings. The topological polar surface area (TPSA) is 54.0 Å². The van der Waals surface area contributed by atoms with E-state index < -0.39 is 0 Å². The van der Waals surface area contributed by atoms with Gasteiger partial charge >= 0.3 is 0 Å². The van der Waals surface area contributed by atoms with Gasteiger partial charge in [0.05, 0.1) is 13.2 Å². The first-order valence-electron chi connectivity index (χ1n) is 11.1. The van der Waals surface area contributed by atoms with E-state index in [4.69, 9.17) is 9.47 Å². The number of benzene rings is 2. The Bertz CT molecular complexity index is 860. The molecule has 0 saturated carbocycles. The van der Waals surface area contributed by atoms with Gasteiger partial charge in [-0.3, -0.25) is 4.79 Å². The highest BCUT2D eigenvalue weighted by molar-refractivity contribution is 6.05. The van der Waals surface area contributed by atoms with Gasteiger partial charge in [-0.1, -0.05) is 13.3 Å². The summed E-state index contributed by atoms with van der Waals surface area (Å²) in [6.45, 7) is 5.34. The first-order chi connectivity index (χ1) is 15.1. The molecule has 170 valence electrons. The number of carbonyl (C=O) groups excluding carboxylic acids is 1. The second-order valence-corrected chi connectivity index (χ2v) is 8.06. The van der Waals surface area contributed by atoms with Crippen molar-refractivity contribution in [3.8, 4) is 5.75 Å². The van der Waals surface area contributed by atoms with Crippen LogP contribution in [0.5, 0.6) is 5.75 Å². The molecule has 1 aliphatic rings. The summed E-state index contributed by atoms with van der Waals surface area (Å²) in [7, 11) is 5.53. The molecule has 2 aromatic carbocycles. The van der Waals surface area contributed by atoms with Gasteiger partial charge < -0.3 is 24.6 Å². The second-order valence-electron chi connectivity index (χ2n) is 8.06. The summed E-state index contributed by atoms with van der Waals surface area (Å²) in [6, 6.07) is 14.1. The number of nitrogens with zero attached hydrogens (tertiary/aromatic N) is 2. The van der Waals surface area contributed by atoms with E-state index in [0.29, 0.717) is 24.8 Å². The Balaban J connectivity index is 0.00000363. The van der Waals surface area contributed by atoms with Gasteiger partial charge in [-0.2, -0.15) is 0 Å². The molecule has 6 heteroatoms. The second kappa shape index (κ2) is 11.2. The van der Waals surface area contributed by atoms with E-state index in [2.05, 4.69) is 29.3 Å². The van der Waals surface area contributed by atoms with Gasteiger partial charge in [0, 0.05) is 57.2 Å². The largest absolute Gasteiger partial charge is 0.494 e. The third-order valence-corrected chi connectivity index (χ3v) is 5.86. The van der Waals surface area contributed by atoms with Crippen LogP contribution in [-0.2, 0) is 11.3 Å². The van der Waals surface area contributed by atoms with Gasteiger partial charge in [0.15, 0.2) is 0 Å². The average Bonchev–Trinajstić information content (AvgIpc) is 3.28. The lowest BCUT2D eigenvalue weighted by molar-refractivity contribution is 0.0993. The summed E-state index contributed by atoms with van der Waals surface area (Å²) in [4.78, 5) is 17.1. The third-order valence-electron chi connectivity index (χ3n) is 5.86. The van der Waals surface area contributed by atoms with E-state index in [1.54, 1.807) is 12.0 Å². The molecule has 1 heterocycles. The van der Waals surface area contributed by atoms with Crippen LogP contribution in [0.15, 0.2) is 42.5 Å². The van der Waals surface area contributed by atoms with Crippen LogP contribution in [-0.4, -0.2) is 52.9 Å². The van der Waals surface area contributed by atoms with Crippen molar-refractivity contribution in [2.45, 2.75) is 38.8 Å². The molecule has 0 bridgehead atoms. The zero-order valence-electron chi connectivity index (χ0n) is 19.2. The number of carbonyl (C=O) groups is 1. The SMILES string of the molecule is CCCCOc1ccc(C(=O)N(C)c2ccc(N3CCC(NC)C3)c(COC)c2)cc1.[HH]. The molecule has 1 fully saturated rings. The minimum atomic E-state index is -0.0485. The highest BCUT2D eigenvalue weighted by atomic mass is 16.5. The van der Waals surface area contributed by atoms with Crippen molar-refractivity contribution in [2.24, 2.45) is 0 Å². The molecule has 0 radical (unpaired) electrons. The minimum Gasteiger partial charge on any atom is -0.494 e. The predicted molar refractivity (Wildman–Crippen MR) is 129 cm³/mol. The lowest BCUT2D eigenvalue weighted by Gasteiger charge is -2.25. The number of hydrogen-bond donors (Lipinski definition) is 1. The number of rotatable bonds is 10. The molecule has 31 heavy (non-hydrogen) atoms. The number of unbranched alkanes of at least 4 members (excludes halogenated alkanes) is 1. The highest BCUT2D eigenvalue weighted by Gasteiger charge is 2.24. The monoisotopic (exact) mass is 427 g/mol. The maximum atomic E-state index is 13.0. The molecule has 1 atom stereocenters. The maximum Gasteiger partial charge on any atom is 0.258 e.